The molecule has 0 saturated carbocycles. The van der Waals surface area contributed by atoms with Gasteiger partial charge in [-0.2, -0.15) is 4.39 Å². The summed E-state index contributed by atoms with van der Waals surface area (Å²) in [5, 5.41) is 0. The molecule has 1 aliphatic heterocycles. The van der Waals surface area contributed by atoms with Crippen LogP contribution in [-0.4, -0.2) is 29.8 Å². The second kappa shape index (κ2) is 2.04. The summed E-state index contributed by atoms with van der Waals surface area (Å²) >= 11 is 0. The maximum Gasteiger partial charge on any atom is 0.358 e. The van der Waals surface area contributed by atoms with Crippen LogP contribution in [0.3, 0.4) is 0 Å². The fourth-order valence-corrected chi connectivity index (χ4v) is 0.454. The lowest BCUT2D eigenvalue weighted by molar-refractivity contribution is -0.124. The predicted octanol–water partition coefficient (Wildman–Crippen LogP) is 0.102. The zero-order valence-electron chi connectivity index (χ0n) is 5.09. The molecule has 0 N–H and O–H groups in total. The Labute approximate surface area is 55.6 Å². The number of amides is 3. The molecular formula is C5H3FN2O2. The molecule has 5 heteroatoms. The molecule has 0 aliphatic carbocycles. The van der Waals surface area contributed by atoms with Crippen molar-refractivity contribution < 1.29 is 14.0 Å². The summed E-state index contributed by atoms with van der Waals surface area (Å²) in [5.74, 6) is -0.491. The van der Waals surface area contributed by atoms with Gasteiger partial charge < -0.3 is 0 Å². The molecule has 0 spiro atoms. The minimum Gasteiger partial charge on any atom is -0.265 e. The van der Waals surface area contributed by atoms with E-state index in [1.54, 1.807) is 5.87 Å². The van der Waals surface area contributed by atoms with Crippen molar-refractivity contribution >= 4 is 17.8 Å². The molecule has 1 heterocycles. The number of urea groups is 1. The maximum absolute atomic E-state index is 12.2. The van der Waals surface area contributed by atoms with Crippen molar-refractivity contribution in [2.24, 2.45) is 4.99 Å². The quantitative estimate of drug-likeness (QED) is 0.481. The lowest BCUT2D eigenvalue weighted by Crippen LogP contribution is -2.33. The largest absolute Gasteiger partial charge is 0.358 e. The fourth-order valence-electron chi connectivity index (χ4n) is 0.454. The van der Waals surface area contributed by atoms with Crippen molar-refractivity contribution in [1.82, 2.24) is 4.90 Å². The Kier molecular flexibility index (Phi) is 1.35. The second-order valence-electron chi connectivity index (χ2n) is 1.68. The van der Waals surface area contributed by atoms with Crippen LogP contribution in [0.25, 0.3) is 0 Å². The van der Waals surface area contributed by atoms with Gasteiger partial charge in [-0.3, -0.25) is 9.69 Å². The Bertz CT molecular complexity index is 265. The SMILES string of the molecule is CN1C(=O)N=C=C(F)C1=O. The lowest BCUT2D eigenvalue weighted by Gasteiger charge is -2.10. The average Bonchev–Trinajstić information content (AvgIpc) is 1.93. The normalized spacial score (nSPS) is 17.8. The lowest BCUT2D eigenvalue weighted by atomic mass is 10.4. The van der Waals surface area contributed by atoms with E-state index in [2.05, 4.69) is 4.99 Å². The second-order valence-corrected chi connectivity index (χ2v) is 1.68. The van der Waals surface area contributed by atoms with Crippen molar-refractivity contribution in [3.63, 3.8) is 0 Å². The Hall–Kier alpha value is -1.48. The molecule has 3 amide bonds. The Morgan fingerprint density at radius 2 is 2.20 bits per heavy atom. The van der Waals surface area contributed by atoms with Crippen LogP contribution in [0.2, 0.25) is 0 Å². The highest BCUT2D eigenvalue weighted by Gasteiger charge is 2.23. The van der Waals surface area contributed by atoms with Gasteiger partial charge in [0.25, 0.3) is 5.91 Å². The van der Waals surface area contributed by atoms with Gasteiger partial charge in [0.05, 0.1) is 0 Å². The van der Waals surface area contributed by atoms with Gasteiger partial charge >= 0.3 is 6.03 Å². The first kappa shape index (κ1) is 6.64. The average molecular weight is 142 g/mol. The summed E-state index contributed by atoms with van der Waals surface area (Å²) < 4.78 is 12.2. The number of imide groups is 1. The van der Waals surface area contributed by atoms with E-state index in [4.69, 9.17) is 0 Å². The molecule has 1 aliphatic rings. The zero-order chi connectivity index (χ0) is 7.72. The van der Waals surface area contributed by atoms with Crippen LogP contribution >= 0.6 is 0 Å². The first-order valence-corrected chi connectivity index (χ1v) is 2.44. The van der Waals surface area contributed by atoms with E-state index in [9.17, 15) is 14.0 Å². The van der Waals surface area contributed by atoms with E-state index in [1.165, 1.54) is 0 Å². The van der Waals surface area contributed by atoms with Crippen LogP contribution in [-0.2, 0) is 4.79 Å². The van der Waals surface area contributed by atoms with Gasteiger partial charge in [0.15, 0.2) is 0 Å². The van der Waals surface area contributed by atoms with Crippen molar-refractivity contribution in [3.8, 4) is 0 Å². The van der Waals surface area contributed by atoms with Gasteiger partial charge in [-0.15, -0.1) is 4.99 Å². The molecular weight excluding hydrogens is 139 g/mol. The summed E-state index contributed by atoms with van der Waals surface area (Å²) in [5.41, 5.74) is 0. The van der Waals surface area contributed by atoms with E-state index >= 15 is 0 Å². The Morgan fingerprint density at radius 1 is 1.60 bits per heavy atom. The molecule has 0 aromatic heterocycles. The van der Waals surface area contributed by atoms with Gasteiger partial charge in [-0.05, 0) is 0 Å². The van der Waals surface area contributed by atoms with Crippen molar-refractivity contribution in [2.45, 2.75) is 0 Å². The number of hydrogen-bond acceptors (Lipinski definition) is 2. The molecule has 0 unspecified atom stereocenters. The van der Waals surface area contributed by atoms with E-state index in [1.807, 2.05) is 0 Å². The summed E-state index contributed by atoms with van der Waals surface area (Å²) in [6.45, 7) is 0. The van der Waals surface area contributed by atoms with Crippen molar-refractivity contribution in [3.05, 3.63) is 5.83 Å². The van der Waals surface area contributed by atoms with E-state index < -0.39 is 17.8 Å². The van der Waals surface area contributed by atoms with E-state index in [0.717, 1.165) is 7.05 Å². The molecule has 0 fully saturated rings. The summed E-state index contributed by atoms with van der Waals surface area (Å²) in [6.07, 6.45) is 0. The number of aliphatic imine (C=N–C) groups is 1. The minimum atomic E-state index is -1.14. The van der Waals surface area contributed by atoms with Gasteiger partial charge in [-0.1, -0.05) is 0 Å². The molecule has 0 atom stereocenters. The monoisotopic (exact) mass is 142 g/mol. The molecule has 52 valence electrons. The highest BCUT2D eigenvalue weighted by molar-refractivity contribution is 6.11. The first-order chi connectivity index (χ1) is 4.63. The number of hydrogen-bond donors (Lipinski definition) is 0. The molecule has 4 nitrogen and oxygen atoms in total. The van der Waals surface area contributed by atoms with E-state index in [-0.39, 0.29) is 0 Å². The highest BCUT2D eigenvalue weighted by atomic mass is 19.1. The molecule has 0 bridgehead atoms. The van der Waals surface area contributed by atoms with Gasteiger partial charge in [0, 0.05) is 12.9 Å². The summed E-state index contributed by atoms with van der Waals surface area (Å²) in [4.78, 5) is 24.5. The third kappa shape index (κ3) is 0.825. The van der Waals surface area contributed by atoms with Crippen LogP contribution in [0.4, 0.5) is 9.18 Å². The topological polar surface area (TPSA) is 49.7 Å². The molecule has 1 rings (SSSR count). The number of carbonyl (C=O) groups is 2. The Morgan fingerprint density at radius 3 is 2.70 bits per heavy atom. The number of likely N-dealkylation sites (N-methyl/N-ethyl adjacent to an activating group) is 1. The van der Waals surface area contributed by atoms with Gasteiger partial charge in [-0.25, -0.2) is 4.79 Å². The maximum atomic E-state index is 12.2. The molecule has 0 aromatic rings. The minimum absolute atomic E-state index is 0.575. The highest BCUT2D eigenvalue weighted by Crippen LogP contribution is 2.03. The summed E-state index contributed by atoms with van der Waals surface area (Å²) in [6, 6.07) is -0.800. The number of rotatable bonds is 0. The fraction of sp³-hybridized carbons (Fsp3) is 0.200. The smallest absolute Gasteiger partial charge is 0.265 e. The third-order valence-corrected chi connectivity index (χ3v) is 1.03. The molecule has 0 saturated heterocycles. The van der Waals surface area contributed by atoms with Gasteiger partial charge in [0.2, 0.25) is 5.83 Å². The van der Waals surface area contributed by atoms with Gasteiger partial charge in [0.1, 0.15) is 0 Å². The molecule has 0 radical (unpaired) electrons. The number of carbonyl (C=O) groups excluding carboxylic acids is 2. The first-order valence-electron chi connectivity index (χ1n) is 2.44. The van der Waals surface area contributed by atoms with Crippen LogP contribution in [0, 0.1) is 0 Å². The Balaban J connectivity index is 3.11. The third-order valence-electron chi connectivity index (χ3n) is 1.03. The van der Waals surface area contributed by atoms with Crippen LogP contribution in [0.15, 0.2) is 10.8 Å². The number of halogens is 1. The standard InChI is InChI=1S/C5H3FN2O2/c1-8-4(9)3(6)2-7-5(8)10/h1H3. The van der Waals surface area contributed by atoms with Crippen LogP contribution in [0.5, 0.6) is 0 Å². The van der Waals surface area contributed by atoms with E-state index in [0.29, 0.717) is 4.90 Å². The van der Waals surface area contributed by atoms with Crippen molar-refractivity contribution in [2.75, 3.05) is 7.05 Å². The van der Waals surface area contributed by atoms with Crippen molar-refractivity contribution in [1.29, 1.82) is 0 Å². The molecule has 10 heavy (non-hydrogen) atoms. The zero-order valence-corrected chi connectivity index (χ0v) is 5.09. The molecule has 0 aromatic carbocycles. The van der Waals surface area contributed by atoms with Crippen LogP contribution in [0.1, 0.15) is 0 Å². The predicted molar refractivity (Wildman–Crippen MR) is 30.2 cm³/mol. The number of nitrogens with zero attached hydrogens (tertiary/aromatic N) is 2. The van der Waals surface area contributed by atoms with Crippen LogP contribution < -0.4 is 0 Å². The summed E-state index contributed by atoms with van der Waals surface area (Å²) in [7, 11) is 1.15.